The van der Waals surface area contributed by atoms with Crippen LogP contribution in [0.5, 0.6) is 0 Å². The van der Waals surface area contributed by atoms with Gasteiger partial charge in [-0.25, -0.2) is 22.0 Å². The molecule has 3 aromatic carbocycles. The number of sulfonamides is 2. The maximum atomic E-state index is 13.3. The van der Waals surface area contributed by atoms with Crippen LogP contribution in [0.2, 0.25) is 0 Å². The molecular formula is C27H28N4O6S3. The highest BCUT2D eigenvalue weighted by molar-refractivity contribution is 7.89. The van der Waals surface area contributed by atoms with E-state index in [1.165, 1.54) is 40.7 Å². The zero-order valence-electron chi connectivity index (χ0n) is 21.7. The summed E-state index contributed by atoms with van der Waals surface area (Å²) in [6.07, 6.45) is 0.641. The minimum absolute atomic E-state index is 0.0370. The van der Waals surface area contributed by atoms with Gasteiger partial charge in [0.1, 0.15) is 0 Å². The number of nitrogens with zero attached hydrogens (tertiary/aromatic N) is 3. The molecule has 1 aliphatic heterocycles. The number of hydrogen-bond acceptors (Lipinski definition) is 7. The molecule has 4 aromatic rings. The Hall–Kier alpha value is -3.20. The van der Waals surface area contributed by atoms with Gasteiger partial charge in [-0.05, 0) is 66.9 Å². The predicted octanol–water partition coefficient (Wildman–Crippen LogP) is 2.87. The summed E-state index contributed by atoms with van der Waals surface area (Å²) in [5.41, 5.74) is 3.05. The van der Waals surface area contributed by atoms with Crippen LogP contribution in [0, 0.1) is 0 Å². The Bertz CT molecular complexity index is 1860. The van der Waals surface area contributed by atoms with Crippen LogP contribution < -0.4 is 9.94 Å². The average Bonchev–Trinajstić information content (AvgIpc) is 3.28. The number of ether oxygens (including phenoxy) is 1. The average molecular weight is 601 g/mol. The maximum absolute atomic E-state index is 13.3. The van der Waals surface area contributed by atoms with Crippen molar-refractivity contribution >= 4 is 47.5 Å². The lowest BCUT2D eigenvalue weighted by molar-refractivity contribution is 0.0996. The summed E-state index contributed by atoms with van der Waals surface area (Å²) in [6.45, 7) is 3.84. The Morgan fingerprint density at radius 1 is 1.00 bits per heavy atom. The van der Waals surface area contributed by atoms with E-state index in [0.29, 0.717) is 54.3 Å². The lowest BCUT2D eigenvalue weighted by Crippen LogP contribution is -2.35. The van der Waals surface area contributed by atoms with E-state index in [4.69, 9.17) is 9.88 Å². The number of benzene rings is 3. The molecule has 0 bridgehead atoms. The van der Waals surface area contributed by atoms with Gasteiger partial charge >= 0.3 is 0 Å². The van der Waals surface area contributed by atoms with Gasteiger partial charge < -0.3 is 9.30 Å². The van der Waals surface area contributed by atoms with Gasteiger partial charge in [0, 0.05) is 31.8 Å². The molecule has 0 saturated heterocycles. The van der Waals surface area contributed by atoms with Gasteiger partial charge in [-0.2, -0.15) is 9.30 Å². The summed E-state index contributed by atoms with van der Waals surface area (Å²) in [5, 5.41) is 5.29. The third kappa shape index (κ3) is 5.80. The number of thiazole rings is 1. The molecule has 1 aromatic heterocycles. The molecule has 0 saturated carbocycles. The second-order valence-corrected chi connectivity index (χ2v) is 13.7. The van der Waals surface area contributed by atoms with Crippen LogP contribution in [0.3, 0.4) is 0 Å². The SMILES string of the molecule is CCOCCn1c(=NC(=O)c2ccc(S(=O)(=O)N3CCc4ccccc4C3)cc2)sc2cc(S(N)(=O)=O)ccc21. The molecule has 0 atom stereocenters. The van der Waals surface area contributed by atoms with Crippen molar-refractivity contribution in [3.05, 3.63) is 88.2 Å². The fraction of sp³-hybridized carbons (Fsp3) is 0.259. The van der Waals surface area contributed by atoms with Gasteiger partial charge in [0.05, 0.1) is 26.6 Å². The minimum Gasteiger partial charge on any atom is -0.380 e. The quantitative estimate of drug-likeness (QED) is 0.309. The van der Waals surface area contributed by atoms with Crippen LogP contribution in [0.1, 0.15) is 28.4 Å². The van der Waals surface area contributed by atoms with Crippen LogP contribution in [0.15, 0.2) is 81.5 Å². The number of amides is 1. The largest absolute Gasteiger partial charge is 0.380 e. The summed E-state index contributed by atoms with van der Waals surface area (Å²) >= 11 is 1.15. The topological polar surface area (TPSA) is 141 Å². The van der Waals surface area contributed by atoms with Crippen molar-refractivity contribution in [2.24, 2.45) is 10.1 Å². The van der Waals surface area contributed by atoms with E-state index in [2.05, 4.69) is 4.99 Å². The summed E-state index contributed by atoms with van der Waals surface area (Å²) in [4.78, 5) is 17.8. The summed E-state index contributed by atoms with van der Waals surface area (Å²) in [6, 6.07) is 18.0. The Labute approximate surface area is 236 Å². The lowest BCUT2D eigenvalue weighted by atomic mass is 10.0. The van der Waals surface area contributed by atoms with E-state index in [-0.39, 0.29) is 15.4 Å². The number of fused-ring (bicyclic) bond motifs is 2. The third-order valence-corrected chi connectivity index (χ3v) is 10.5. The number of nitrogens with two attached hydrogens (primary N) is 1. The van der Waals surface area contributed by atoms with Crippen molar-refractivity contribution < 1.29 is 26.4 Å². The van der Waals surface area contributed by atoms with E-state index in [9.17, 15) is 21.6 Å². The second-order valence-electron chi connectivity index (χ2n) is 9.21. The van der Waals surface area contributed by atoms with Gasteiger partial charge in [-0.1, -0.05) is 35.6 Å². The standard InChI is InChI=1S/C27H28N4O6S3/c1-2-37-16-15-31-24-12-11-23(39(28,33)34)17-25(24)38-27(31)29-26(32)20-7-9-22(10-8-20)40(35,36)30-14-13-19-5-3-4-6-21(19)18-30/h3-12,17H,2,13-16,18H2,1H3,(H2,28,33,34). The molecule has 0 fully saturated rings. The van der Waals surface area contributed by atoms with Crippen molar-refractivity contribution in [1.82, 2.24) is 8.87 Å². The highest BCUT2D eigenvalue weighted by Crippen LogP contribution is 2.25. The smallest absolute Gasteiger partial charge is 0.279 e. The first-order valence-corrected chi connectivity index (χ1v) is 16.4. The summed E-state index contributed by atoms with van der Waals surface area (Å²) < 4.78 is 59.5. The number of rotatable bonds is 8. The van der Waals surface area contributed by atoms with Crippen molar-refractivity contribution in [2.75, 3.05) is 19.8 Å². The Morgan fingerprint density at radius 2 is 1.70 bits per heavy atom. The van der Waals surface area contributed by atoms with Crippen LogP contribution >= 0.6 is 11.3 Å². The van der Waals surface area contributed by atoms with Gasteiger partial charge in [0.2, 0.25) is 20.0 Å². The van der Waals surface area contributed by atoms with Crippen molar-refractivity contribution in [2.45, 2.75) is 36.2 Å². The van der Waals surface area contributed by atoms with E-state index in [1.54, 1.807) is 10.6 Å². The molecule has 10 nitrogen and oxygen atoms in total. The highest BCUT2D eigenvalue weighted by Gasteiger charge is 2.28. The number of primary sulfonamides is 1. The molecule has 1 amide bonds. The van der Waals surface area contributed by atoms with E-state index < -0.39 is 26.0 Å². The minimum atomic E-state index is -3.90. The molecular weight excluding hydrogens is 573 g/mol. The maximum Gasteiger partial charge on any atom is 0.279 e. The molecule has 40 heavy (non-hydrogen) atoms. The molecule has 5 rings (SSSR count). The molecule has 2 N–H and O–H groups in total. The fourth-order valence-corrected chi connectivity index (χ4v) is 7.70. The van der Waals surface area contributed by atoms with E-state index in [0.717, 1.165) is 22.5 Å². The molecule has 210 valence electrons. The molecule has 2 heterocycles. The van der Waals surface area contributed by atoms with E-state index in [1.807, 2.05) is 31.2 Å². The number of carbonyl (C=O) groups excluding carboxylic acids is 1. The molecule has 0 unspecified atom stereocenters. The first kappa shape index (κ1) is 28.3. The Morgan fingerprint density at radius 3 is 2.40 bits per heavy atom. The van der Waals surface area contributed by atoms with Crippen LogP contribution in [0.25, 0.3) is 10.2 Å². The van der Waals surface area contributed by atoms with Crippen LogP contribution in [-0.4, -0.2) is 51.4 Å². The van der Waals surface area contributed by atoms with Gasteiger partial charge in [-0.15, -0.1) is 0 Å². The van der Waals surface area contributed by atoms with Gasteiger partial charge in [0.25, 0.3) is 5.91 Å². The predicted molar refractivity (Wildman–Crippen MR) is 152 cm³/mol. The molecule has 0 aliphatic carbocycles. The Balaban J connectivity index is 1.43. The molecule has 0 spiro atoms. The molecule has 13 heteroatoms. The number of hydrogen-bond donors (Lipinski definition) is 1. The molecule has 0 radical (unpaired) electrons. The molecule has 1 aliphatic rings. The second kappa shape index (κ2) is 11.4. The third-order valence-electron chi connectivity index (χ3n) is 6.68. The number of aromatic nitrogens is 1. The zero-order valence-corrected chi connectivity index (χ0v) is 24.1. The fourth-order valence-electron chi connectivity index (χ4n) is 4.58. The zero-order chi connectivity index (χ0) is 28.5. The normalized spacial score (nSPS) is 14.9. The van der Waals surface area contributed by atoms with Crippen molar-refractivity contribution in [1.29, 1.82) is 0 Å². The first-order valence-electron chi connectivity index (χ1n) is 12.6. The van der Waals surface area contributed by atoms with Crippen molar-refractivity contribution in [3.63, 3.8) is 0 Å². The monoisotopic (exact) mass is 600 g/mol. The lowest BCUT2D eigenvalue weighted by Gasteiger charge is -2.28. The first-order chi connectivity index (χ1) is 19.1. The Kier molecular flexibility index (Phi) is 8.04. The number of carbonyl (C=O) groups is 1. The summed E-state index contributed by atoms with van der Waals surface area (Å²) in [5.74, 6) is -0.556. The van der Waals surface area contributed by atoms with E-state index >= 15 is 0 Å². The summed E-state index contributed by atoms with van der Waals surface area (Å²) in [7, 11) is -7.64. The van der Waals surface area contributed by atoms with Crippen LogP contribution in [0.4, 0.5) is 0 Å². The van der Waals surface area contributed by atoms with Gasteiger partial charge in [-0.3, -0.25) is 4.79 Å². The van der Waals surface area contributed by atoms with Crippen LogP contribution in [-0.2, 0) is 44.3 Å². The highest BCUT2D eigenvalue weighted by atomic mass is 32.2. The van der Waals surface area contributed by atoms with Crippen molar-refractivity contribution in [3.8, 4) is 0 Å². The van der Waals surface area contributed by atoms with Gasteiger partial charge in [0.15, 0.2) is 4.80 Å².